The van der Waals surface area contributed by atoms with Crippen molar-refractivity contribution in [3.63, 3.8) is 0 Å². The highest BCUT2D eigenvalue weighted by atomic mass is 16.1. The molecule has 0 spiro atoms. The fourth-order valence-corrected chi connectivity index (χ4v) is 2.63. The minimum absolute atomic E-state index is 0.119. The van der Waals surface area contributed by atoms with Crippen LogP contribution in [0.15, 0.2) is 42.6 Å². The van der Waals surface area contributed by atoms with Gasteiger partial charge < -0.3 is 10.6 Å². The largest absolute Gasteiger partial charge is 0.382 e. The molecule has 1 atom stereocenters. The van der Waals surface area contributed by atoms with Gasteiger partial charge in [0.25, 0.3) is 0 Å². The van der Waals surface area contributed by atoms with E-state index < -0.39 is 0 Å². The van der Waals surface area contributed by atoms with Crippen LogP contribution in [0.4, 0.5) is 5.69 Å². The van der Waals surface area contributed by atoms with E-state index in [0.29, 0.717) is 19.1 Å². The summed E-state index contributed by atoms with van der Waals surface area (Å²) in [4.78, 5) is 16.4. The monoisotopic (exact) mass is 281 g/mol. The SMILES string of the molecule is CC1Cc2cc(C(=O)CNCc3ccccn3)ccc2N1. The van der Waals surface area contributed by atoms with Crippen molar-refractivity contribution in [1.82, 2.24) is 10.3 Å². The van der Waals surface area contributed by atoms with Crippen molar-refractivity contribution >= 4 is 11.5 Å². The van der Waals surface area contributed by atoms with Crippen molar-refractivity contribution in [2.24, 2.45) is 0 Å². The van der Waals surface area contributed by atoms with Gasteiger partial charge >= 0.3 is 0 Å². The highest BCUT2D eigenvalue weighted by Crippen LogP contribution is 2.26. The van der Waals surface area contributed by atoms with Gasteiger partial charge in [0.2, 0.25) is 0 Å². The van der Waals surface area contributed by atoms with E-state index in [0.717, 1.165) is 23.4 Å². The van der Waals surface area contributed by atoms with Gasteiger partial charge in [0, 0.05) is 30.0 Å². The first-order valence-corrected chi connectivity index (χ1v) is 7.25. The molecule has 0 amide bonds. The van der Waals surface area contributed by atoms with E-state index in [4.69, 9.17) is 0 Å². The normalized spacial score (nSPS) is 16.3. The van der Waals surface area contributed by atoms with E-state index in [-0.39, 0.29) is 5.78 Å². The Morgan fingerprint density at radius 2 is 2.29 bits per heavy atom. The number of carbonyl (C=O) groups is 1. The number of nitrogens with zero attached hydrogens (tertiary/aromatic N) is 1. The fraction of sp³-hybridized carbons (Fsp3) is 0.294. The topological polar surface area (TPSA) is 54.0 Å². The summed E-state index contributed by atoms with van der Waals surface area (Å²) in [5.41, 5.74) is 4.11. The Bertz CT molecular complexity index is 640. The van der Waals surface area contributed by atoms with E-state index in [1.165, 1.54) is 5.56 Å². The van der Waals surface area contributed by atoms with Gasteiger partial charge in [-0.1, -0.05) is 6.07 Å². The number of nitrogens with one attached hydrogen (secondary N) is 2. The van der Waals surface area contributed by atoms with Gasteiger partial charge in [0.05, 0.1) is 12.2 Å². The molecule has 2 N–H and O–H groups in total. The van der Waals surface area contributed by atoms with Crippen molar-refractivity contribution in [3.8, 4) is 0 Å². The number of benzene rings is 1. The lowest BCUT2D eigenvalue weighted by Crippen LogP contribution is -2.23. The highest BCUT2D eigenvalue weighted by Gasteiger charge is 2.18. The third-order valence-electron chi connectivity index (χ3n) is 3.67. The van der Waals surface area contributed by atoms with E-state index in [1.54, 1.807) is 6.20 Å². The van der Waals surface area contributed by atoms with Crippen LogP contribution in [0.2, 0.25) is 0 Å². The number of pyridine rings is 1. The van der Waals surface area contributed by atoms with Crippen molar-refractivity contribution < 1.29 is 4.79 Å². The molecule has 2 heterocycles. The summed E-state index contributed by atoms with van der Waals surface area (Å²) in [6, 6.07) is 12.1. The summed E-state index contributed by atoms with van der Waals surface area (Å²) in [5, 5.41) is 6.54. The molecule has 1 aliphatic heterocycles. The third kappa shape index (κ3) is 3.28. The van der Waals surface area contributed by atoms with Crippen LogP contribution >= 0.6 is 0 Å². The summed E-state index contributed by atoms with van der Waals surface area (Å²) in [7, 11) is 0. The summed E-state index contributed by atoms with van der Waals surface area (Å²) in [5.74, 6) is 0.119. The number of hydrogen-bond acceptors (Lipinski definition) is 4. The second-order valence-electron chi connectivity index (χ2n) is 5.47. The Morgan fingerprint density at radius 3 is 3.10 bits per heavy atom. The molecule has 0 saturated carbocycles. The summed E-state index contributed by atoms with van der Waals surface area (Å²) in [6.07, 6.45) is 2.74. The number of hydrogen-bond donors (Lipinski definition) is 2. The van der Waals surface area contributed by atoms with E-state index in [1.807, 2.05) is 36.4 Å². The quantitative estimate of drug-likeness (QED) is 0.826. The first-order valence-electron chi connectivity index (χ1n) is 7.25. The summed E-state index contributed by atoms with van der Waals surface area (Å²) < 4.78 is 0. The molecule has 108 valence electrons. The fourth-order valence-electron chi connectivity index (χ4n) is 2.63. The molecule has 1 aromatic heterocycles. The smallest absolute Gasteiger partial charge is 0.176 e. The molecule has 0 fully saturated rings. The number of fused-ring (bicyclic) bond motifs is 1. The Kier molecular flexibility index (Phi) is 3.97. The van der Waals surface area contributed by atoms with Crippen LogP contribution in [0.1, 0.15) is 28.5 Å². The molecule has 2 aromatic rings. The Hall–Kier alpha value is -2.20. The molecule has 1 unspecified atom stereocenters. The zero-order valence-electron chi connectivity index (χ0n) is 12.1. The molecule has 0 radical (unpaired) electrons. The van der Waals surface area contributed by atoms with Gasteiger partial charge in [-0.25, -0.2) is 0 Å². The summed E-state index contributed by atoms with van der Waals surface area (Å²) in [6.45, 7) is 3.09. The molecule has 1 aliphatic rings. The molecular formula is C17H19N3O. The second-order valence-corrected chi connectivity index (χ2v) is 5.47. The molecule has 0 saturated heterocycles. The number of rotatable bonds is 5. The molecule has 21 heavy (non-hydrogen) atoms. The maximum absolute atomic E-state index is 12.2. The predicted molar refractivity (Wildman–Crippen MR) is 83.5 cm³/mol. The van der Waals surface area contributed by atoms with E-state index in [2.05, 4.69) is 22.5 Å². The maximum atomic E-state index is 12.2. The van der Waals surface area contributed by atoms with Crippen LogP contribution in [0.25, 0.3) is 0 Å². The number of ketones is 1. The number of aromatic nitrogens is 1. The van der Waals surface area contributed by atoms with Gasteiger partial charge in [-0.2, -0.15) is 0 Å². The highest BCUT2D eigenvalue weighted by molar-refractivity contribution is 5.98. The molecule has 1 aromatic carbocycles. The predicted octanol–water partition coefficient (Wildman–Crippen LogP) is 2.41. The van der Waals surface area contributed by atoms with Crippen molar-refractivity contribution in [3.05, 3.63) is 59.4 Å². The zero-order chi connectivity index (χ0) is 14.7. The Labute approximate surface area is 124 Å². The van der Waals surface area contributed by atoms with Crippen LogP contribution < -0.4 is 10.6 Å². The van der Waals surface area contributed by atoms with Gasteiger partial charge in [-0.15, -0.1) is 0 Å². The third-order valence-corrected chi connectivity index (χ3v) is 3.67. The molecular weight excluding hydrogens is 262 g/mol. The zero-order valence-corrected chi connectivity index (χ0v) is 12.1. The number of anilines is 1. The molecule has 0 bridgehead atoms. The van der Waals surface area contributed by atoms with Crippen molar-refractivity contribution in [2.45, 2.75) is 25.9 Å². The van der Waals surface area contributed by atoms with Gasteiger partial charge in [-0.3, -0.25) is 9.78 Å². The number of Topliss-reactive ketones (excluding diaryl/α,β-unsaturated/α-hetero) is 1. The van der Waals surface area contributed by atoms with Crippen molar-refractivity contribution in [1.29, 1.82) is 0 Å². The van der Waals surface area contributed by atoms with Crippen LogP contribution in [-0.2, 0) is 13.0 Å². The van der Waals surface area contributed by atoms with Crippen molar-refractivity contribution in [2.75, 3.05) is 11.9 Å². The summed E-state index contributed by atoms with van der Waals surface area (Å²) >= 11 is 0. The lowest BCUT2D eigenvalue weighted by atomic mass is 10.0. The Balaban J connectivity index is 1.58. The molecule has 4 heteroatoms. The minimum atomic E-state index is 0.119. The van der Waals surface area contributed by atoms with Crippen LogP contribution in [-0.4, -0.2) is 23.4 Å². The van der Waals surface area contributed by atoms with Crippen LogP contribution in [0.3, 0.4) is 0 Å². The number of carbonyl (C=O) groups excluding carboxylic acids is 1. The second kappa shape index (κ2) is 6.06. The molecule has 4 nitrogen and oxygen atoms in total. The standard InChI is InChI=1S/C17H19N3O/c1-12-8-14-9-13(5-6-16(14)20-12)17(21)11-18-10-15-4-2-3-7-19-15/h2-7,9,12,18,20H,8,10-11H2,1H3. The Morgan fingerprint density at radius 1 is 1.38 bits per heavy atom. The van der Waals surface area contributed by atoms with Gasteiger partial charge in [0.1, 0.15) is 0 Å². The maximum Gasteiger partial charge on any atom is 0.176 e. The first-order chi connectivity index (χ1) is 10.2. The van der Waals surface area contributed by atoms with E-state index in [9.17, 15) is 4.79 Å². The van der Waals surface area contributed by atoms with Gasteiger partial charge in [0.15, 0.2) is 5.78 Å². The first kappa shape index (κ1) is 13.8. The van der Waals surface area contributed by atoms with Crippen LogP contribution in [0.5, 0.6) is 0 Å². The average Bonchev–Trinajstić information content (AvgIpc) is 2.87. The van der Waals surface area contributed by atoms with Crippen LogP contribution in [0, 0.1) is 0 Å². The minimum Gasteiger partial charge on any atom is -0.382 e. The average molecular weight is 281 g/mol. The molecule has 0 aliphatic carbocycles. The van der Waals surface area contributed by atoms with Gasteiger partial charge in [-0.05, 0) is 49.2 Å². The lowest BCUT2D eigenvalue weighted by molar-refractivity contribution is 0.0990. The van der Waals surface area contributed by atoms with E-state index >= 15 is 0 Å². The lowest BCUT2D eigenvalue weighted by Gasteiger charge is -2.06. The molecule has 3 rings (SSSR count).